The lowest BCUT2D eigenvalue weighted by atomic mass is 10.1. The number of anilines is 1. The molecule has 3 rings (SSSR count). The van der Waals surface area contributed by atoms with E-state index in [1.807, 2.05) is 18.2 Å². The van der Waals surface area contributed by atoms with Crippen molar-refractivity contribution in [2.45, 2.75) is 18.7 Å². The summed E-state index contributed by atoms with van der Waals surface area (Å²) in [5.41, 5.74) is 4.06. The van der Waals surface area contributed by atoms with E-state index < -0.39 is 0 Å². The minimum Gasteiger partial charge on any atom is -0.360 e. The Morgan fingerprint density at radius 3 is 2.56 bits per heavy atom. The zero-order valence-corrected chi connectivity index (χ0v) is 17.1. The number of nitrogens with one attached hydrogen (secondary N) is 2. The maximum Gasteiger partial charge on any atom is 0.275 e. The summed E-state index contributed by atoms with van der Waals surface area (Å²) in [5, 5.41) is 3.07. The quantitative estimate of drug-likeness (QED) is 0.566. The summed E-state index contributed by atoms with van der Waals surface area (Å²) in [4.78, 5) is 17.3. The molecule has 5 heteroatoms. The van der Waals surface area contributed by atoms with Gasteiger partial charge in [0.25, 0.3) is 5.91 Å². The molecule has 1 amide bonds. The van der Waals surface area contributed by atoms with Crippen LogP contribution in [0.2, 0.25) is 0 Å². The summed E-state index contributed by atoms with van der Waals surface area (Å²) in [6.45, 7) is 9.72. The van der Waals surface area contributed by atoms with Crippen LogP contribution in [0.25, 0.3) is 0 Å². The van der Waals surface area contributed by atoms with Crippen molar-refractivity contribution >= 4 is 23.4 Å². The van der Waals surface area contributed by atoms with Gasteiger partial charge in [0.05, 0.1) is 26.2 Å². The number of carbonyl (C=O) groups excluding carboxylic acids is 1. The van der Waals surface area contributed by atoms with Crippen LogP contribution in [-0.4, -0.2) is 50.9 Å². The van der Waals surface area contributed by atoms with Gasteiger partial charge in [0.2, 0.25) is 0 Å². The number of benzene rings is 2. The van der Waals surface area contributed by atoms with Crippen molar-refractivity contribution in [3.63, 3.8) is 0 Å². The maximum atomic E-state index is 12.2. The van der Waals surface area contributed by atoms with Gasteiger partial charge in [-0.25, -0.2) is 0 Å². The zero-order valence-electron chi connectivity index (χ0n) is 16.3. The molecule has 2 N–H and O–H groups in total. The van der Waals surface area contributed by atoms with E-state index in [1.165, 1.54) is 26.6 Å². The third kappa shape index (κ3) is 5.75. The van der Waals surface area contributed by atoms with Gasteiger partial charge in [-0.15, -0.1) is 11.8 Å². The number of rotatable bonds is 7. The van der Waals surface area contributed by atoms with E-state index in [-0.39, 0.29) is 5.91 Å². The first-order valence-electron chi connectivity index (χ1n) is 9.73. The fourth-order valence-corrected chi connectivity index (χ4v) is 4.27. The van der Waals surface area contributed by atoms with Crippen LogP contribution in [0.4, 0.5) is 5.69 Å². The Labute approximate surface area is 166 Å². The lowest BCUT2D eigenvalue weighted by molar-refractivity contribution is -0.892. The molecule has 27 heavy (non-hydrogen) atoms. The van der Waals surface area contributed by atoms with Gasteiger partial charge in [-0.1, -0.05) is 30.3 Å². The van der Waals surface area contributed by atoms with E-state index in [0.717, 1.165) is 38.5 Å². The summed E-state index contributed by atoms with van der Waals surface area (Å²) in [7, 11) is 0. The maximum absolute atomic E-state index is 12.2. The SMILES string of the molecule is Cc1cccc(N2CC[NH+](CC(=O)NCCSc3ccccc3)CC2)c1C. The van der Waals surface area contributed by atoms with Crippen molar-refractivity contribution in [1.29, 1.82) is 0 Å². The molecule has 4 nitrogen and oxygen atoms in total. The average Bonchev–Trinajstić information content (AvgIpc) is 2.69. The molecular formula is C22H30N3OS+. The molecule has 0 aromatic heterocycles. The van der Waals surface area contributed by atoms with Gasteiger partial charge in [0.1, 0.15) is 0 Å². The minimum atomic E-state index is 0.166. The van der Waals surface area contributed by atoms with Crippen molar-refractivity contribution in [1.82, 2.24) is 5.32 Å². The van der Waals surface area contributed by atoms with Gasteiger partial charge in [0, 0.05) is 22.9 Å². The predicted molar refractivity (Wildman–Crippen MR) is 114 cm³/mol. The van der Waals surface area contributed by atoms with Gasteiger partial charge < -0.3 is 15.1 Å². The summed E-state index contributed by atoms with van der Waals surface area (Å²) in [6, 6.07) is 16.8. The molecule has 2 aromatic carbocycles. The second-order valence-electron chi connectivity index (χ2n) is 7.14. The van der Waals surface area contributed by atoms with E-state index >= 15 is 0 Å². The molecule has 0 bridgehead atoms. The smallest absolute Gasteiger partial charge is 0.275 e. The number of aryl methyl sites for hydroxylation is 1. The molecule has 1 heterocycles. The molecule has 0 saturated carbocycles. The highest BCUT2D eigenvalue weighted by molar-refractivity contribution is 7.99. The Morgan fingerprint density at radius 1 is 1.07 bits per heavy atom. The van der Waals surface area contributed by atoms with E-state index in [0.29, 0.717) is 6.54 Å². The molecule has 1 aliphatic heterocycles. The van der Waals surface area contributed by atoms with Crippen LogP contribution in [0.3, 0.4) is 0 Å². The van der Waals surface area contributed by atoms with E-state index in [2.05, 4.69) is 54.4 Å². The third-order valence-corrected chi connectivity index (χ3v) is 6.25. The van der Waals surface area contributed by atoms with Crippen LogP contribution >= 0.6 is 11.8 Å². The van der Waals surface area contributed by atoms with Gasteiger partial charge in [-0.05, 0) is 43.2 Å². The molecule has 0 radical (unpaired) electrons. The highest BCUT2D eigenvalue weighted by atomic mass is 32.2. The van der Waals surface area contributed by atoms with Crippen molar-refractivity contribution in [2.75, 3.05) is 49.9 Å². The summed E-state index contributed by atoms with van der Waals surface area (Å²) >= 11 is 1.78. The van der Waals surface area contributed by atoms with E-state index in [1.54, 1.807) is 11.8 Å². The van der Waals surface area contributed by atoms with Gasteiger partial charge in [-0.2, -0.15) is 0 Å². The third-order valence-electron chi connectivity index (χ3n) is 5.23. The van der Waals surface area contributed by atoms with Crippen LogP contribution in [0.1, 0.15) is 11.1 Å². The largest absolute Gasteiger partial charge is 0.360 e. The second kappa shape index (κ2) is 9.81. The Bertz CT molecular complexity index is 742. The van der Waals surface area contributed by atoms with Crippen molar-refractivity contribution in [3.8, 4) is 0 Å². The first-order valence-corrected chi connectivity index (χ1v) is 10.7. The Morgan fingerprint density at radius 2 is 1.81 bits per heavy atom. The van der Waals surface area contributed by atoms with Gasteiger partial charge >= 0.3 is 0 Å². The highest BCUT2D eigenvalue weighted by Gasteiger charge is 2.23. The van der Waals surface area contributed by atoms with Crippen molar-refractivity contribution < 1.29 is 9.69 Å². The molecule has 1 saturated heterocycles. The van der Waals surface area contributed by atoms with Crippen molar-refractivity contribution in [3.05, 3.63) is 59.7 Å². The number of quaternary nitrogens is 1. The Kier molecular flexibility index (Phi) is 7.18. The molecule has 144 valence electrons. The molecule has 0 spiro atoms. The molecule has 0 unspecified atom stereocenters. The van der Waals surface area contributed by atoms with Crippen LogP contribution in [0.5, 0.6) is 0 Å². The standard InChI is InChI=1S/C22H29N3OS/c1-18-7-6-10-21(19(18)2)25-14-12-24(13-15-25)17-22(26)23-11-16-27-20-8-4-3-5-9-20/h3-10H,11-17H2,1-2H3,(H,23,26)/p+1. The van der Waals surface area contributed by atoms with Gasteiger partial charge in [0.15, 0.2) is 6.54 Å². The number of hydrogen-bond acceptors (Lipinski definition) is 3. The Hall–Kier alpha value is -1.98. The van der Waals surface area contributed by atoms with E-state index in [4.69, 9.17) is 0 Å². The number of nitrogens with zero attached hydrogens (tertiary/aromatic N) is 1. The molecule has 1 fully saturated rings. The fourth-order valence-electron chi connectivity index (χ4n) is 3.48. The molecule has 0 aliphatic carbocycles. The summed E-state index contributed by atoms with van der Waals surface area (Å²) < 4.78 is 0. The van der Waals surface area contributed by atoms with E-state index in [9.17, 15) is 4.79 Å². The first kappa shape index (κ1) is 19.8. The lowest BCUT2D eigenvalue weighted by Gasteiger charge is -2.34. The van der Waals surface area contributed by atoms with Gasteiger partial charge in [-0.3, -0.25) is 4.79 Å². The summed E-state index contributed by atoms with van der Waals surface area (Å²) in [6.07, 6.45) is 0. The number of thioether (sulfide) groups is 1. The predicted octanol–water partition coefficient (Wildman–Crippen LogP) is 1.92. The fraction of sp³-hybridized carbons (Fsp3) is 0.409. The van der Waals surface area contributed by atoms with Crippen LogP contribution in [0.15, 0.2) is 53.4 Å². The minimum absolute atomic E-state index is 0.166. The molecule has 2 aromatic rings. The lowest BCUT2D eigenvalue weighted by Crippen LogP contribution is -3.16. The normalized spacial score (nSPS) is 15.0. The summed E-state index contributed by atoms with van der Waals surface area (Å²) in [5.74, 6) is 1.07. The number of piperazine rings is 1. The Balaban J connectivity index is 1.36. The van der Waals surface area contributed by atoms with Crippen LogP contribution in [-0.2, 0) is 4.79 Å². The second-order valence-corrected chi connectivity index (χ2v) is 8.31. The number of carbonyl (C=O) groups is 1. The highest BCUT2D eigenvalue weighted by Crippen LogP contribution is 2.22. The topological polar surface area (TPSA) is 36.8 Å². The molecular weight excluding hydrogens is 354 g/mol. The molecule has 0 atom stereocenters. The zero-order chi connectivity index (χ0) is 19.1. The van der Waals surface area contributed by atoms with Crippen LogP contribution < -0.4 is 15.1 Å². The number of hydrogen-bond donors (Lipinski definition) is 2. The monoisotopic (exact) mass is 384 g/mol. The first-order chi connectivity index (χ1) is 13.1. The molecule has 1 aliphatic rings. The average molecular weight is 385 g/mol. The van der Waals surface area contributed by atoms with Crippen molar-refractivity contribution in [2.24, 2.45) is 0 Å². The van der Waals surface area contributed by atoms with Crippen LogP contribution in [0, 0.1) is 13.8 Å². The number of amides is 1.